The number of ether oxygens (including phenoxy) is 1. The van der Waals surface area contributed by atoms with E-state index in [1.54, 1.807) is 18.9 Å². The van der Waals surface area contributed by atoms with Crippen molar-refractivity contribution in [3.05, 3.63) is 24.3 Å². The van der Waals surface area contributed by atoms with Gasteiger partial charge in [-0.3, -0.25) is 0 Å². The Morgan fingerprint density at radius 1 is 1.36 bits per heavy atom. The maximum atomic E-state index is 8.86. The van der Waals surface area contributed by atoms with Gasteiger partial charge in [-0.1, -0.05) is 6.92 Å². The summed E-state index contributed by atoms with van der Waals surface area (Å²) in [4.78, 5) is 1.21. The molecule has 78 valence electrons. The fourth-order valence-corrected chi connectivity index (χ4v) is 1.87. The van der Waals surface area contributed by atoms with Crippen LogP contribution in [0.2, 0.25) is 0 Å². The average molecular weight is 212 g/mol. The van der Waals surface area contributed by atoms with E-state index in [0.717, 1.165) is 11.5 Å². The second-order valence-electron chi connectivity index (χ2n) is 3.27. The van der Waals surface area contributed by atoms with Crippen LogP contribution in [0, 0.1) is 5.92 Å². The lowest BCUT2D eigenvalue weighted by Gasteiger charge is -2.07. The van der Waals surface area contributed by atoms with Crippen LogP contribution in [0.1, 0.15) is 6.92 Å². The maximum absolute atomic E-state index is 8.86. The van der Waals surface area contributed by atoms with Crippen molar-refractivity contribution in [2.45, 2.75) is 11.8 Å². The minimum atomic E-state index is 0.253. The van der Waals surface area contributed by atoms with Gasteiger partial charge in [-0.2, -0.15) is 0 Å². The number of methoxy groups -OCH3 is 1. The zero-order valence-corrected chi connectivity index (χ0v) is 9.38. The lowest BCUT2D eigenvalue weighted by Crippen LogP contribution is -2.02. The Bertz CT molecular complexity index is 258. The zero-order chi connectivity index (χ0) is 10.4. The van der Waals surface area contributed by atoms with Crippen molar-refractivity contribution < 1.29 is 9.84 Å². The molecule has 0 amide bonds. The van der Waals surface area contributed by atoms with Crippen LogP contribution >= 0.6 is 11.8 Å². The topological polar surface area (TPSA) is 29.5 Å². The summed E-state index contributed by atoms with van der Waals surface area (Å²) in [7, 11) is 1.66. The minimum absolute atomic E-state index is 0.253. The number of hydrogen-bond acceptors (Lipinski definition) is 3. The number of hydrogen-bond donors (Lipinski definition) is 1. The first-order valence-electron chi connectivity index (χ1n) is 4.64. The van der Waals surface area contributed by atoms with Gasteiger partial charge >= 0.3 is 0 Å². The van der Waals surface area contributed by atoms with Crippen LogP contribution in [0.4, 0.5) is 0 Å². The molecule has 3 heteroatoms. The molecule has 0 heterocycles. The number of aliphatic hydroxyl groups excluding tert-OH is 1. The van der Waals surface area contributed by atoms with Crippen molar-refractivity contribution in [3.8, 4) is 5.75 Å². The van der Waals surface area contributed by atoms with Crippen molar-refractivity contribution in [1.29, 1.82) is 0 Å². The van der Waals surface area contributed by atoms with Crippen LogP contribution in [0.3, 0.4) is 0 Å². The monoisotopic (exact) mass is 212 g/mol. The molecule has 1 atom stereocenters. The summed E-state index contributed by atoms with van der Waals surface area (Å²) in [5, 5.41) is 8.86. The Balaban J connectivity index is 2.43. The second kappa shape index (κ2) is 5.94. The molecule has 0 aliphatic carbocycles. The number of rotatable bonds is 5. The smallest absolute Gasteiger partial charge is 0.118 e. The largest absolute Gasteiger partial charge is 0.497 e. The molecule has 0 radical (unpaired) electrons. The van der Waals surface area contributed by atoms with Crippen molar-refractivity contribution in [1.82, 2.24) is 0 Å². The Morgan fingerprint density at radius 2 is 2.00 bits per heavy atom. The second-order valence-corrected chi connectivity index (χ2v) is 4.37. The van der Waals surface area contributed by atoms with E-state index < -0.39 is 0 Å². The highest BCUT2D eigenvalue weighted by molar-refractivity contribution is 7.99. The molecule has 2 nitrogen and oxygen atoms in total. The highest BCUT2D eigenvalue weighted by Gasteiger charge is 2.01. The molecule has 0 aromatic heterocycles. The molecule has 14 heavy (non-hydrogen) atoms. The van der Waals surface area contributed by atoms with Crippen LogP contribution in [0.5, 0.6) is 5.75 Å². The van der Waals surface area contributed by atoms with E-state index in [1.165, 1.54) is 4.90 Å². The fourth-order valence-electron chi connectivity index (χ4n) is 0.963. The van der Waals surface area contributed by atoms with Gasteiger partial charge in [0, 0.05) is 17.3 Å². The Hall–Kier alpha value is -0.670. The molecular weight excluding hydrogens is 196 g/mol. The van der Waals surface area contributed by atoms with Crippen molar-refractivity contribution in [3.63, 3.8) is 0 Å². The zero-order valence-electron chi connectivity index (χ0n) is 8.56. The van der Waals surface area contributed by atoms with E-state index in [-0.39, 0.29) is 6.61 Å². The first-order valence-corrected chi connectivity index (χ1v) is 5.62. The van der Waals surface area contributed by atoms with E-state index in [4.69, 9.17) is 9.84 Å². The van der Waals surface area contributed by atoms with E-state index in [9.17, 15) is 0 Å². The van der Waals surface area contributed by atoms with Gasteiger partial charge in [-0.15, -0.1) is 11.8 Å². The van der Waals surface area contributed by atoms with Crippen LogP contribution < -0.4 is 4.74 Å². The van der Waals surface area contributed by atoms with E-state index in [2.05, 4.69) is 0 Å². The third-order valence-electron chi connectivity index (χ3n) is 1.91. The van der Waals surface area contributed by atoms with Gasteiger partial charge in [-0.05, 0) is 30.2 Å². The predicted molar refractivity (Wildman–Crippen MR) is 60.0 cm³/mol. The lowest BCUT2D eigenvalue weighted by atomic mass is 10.2. The Morgan fingerprint density at radius 3 is 2.50 bits per heavy atom. The Kier molecular flexibility index (Phi) is 4.84. The lowest BCUT2D eigenvalue weighted by molar-refractivity contribution is 0.250. The number of thioether (sulfide) groups is 1. The van der Waals surface area contributed by atoms with Crippen LogP contribution in [0.25, 0.3) is 0 Å². The van der Waals surface area contributed by atoms with Crippen molar-refractivity contribution in [2.24, 2.45) is 5.92 Å². The third kappa shape index (κ3) is 3.60. The maximum Gasteiger partial charge on any atom is 0.118 e. The van der Waals surface area contributed by atoms with Gasteiger partial charge < -0.3 is 9.84 Å². The Labute approximate surface area is 89.3 Å². The summed E-state index contributed by atoms with van der Waals surface area (Å²) >= 11 is 1.76. The molecule has 0 saturated heterocycles. The third-order valence-corrected chi connectivity index (χ3v) is 3.25. The summed E-state index contributed by atoms with van der Waals surface area (Å²) in [6.07, 6.45) is 0. The number of aliphatic hydroxyl groups is 1. The van der Waals surface area contributed by atoms with Gasteiger partial charge in [0.05, 0.1) is 7.11 Å². The first kappa shape index (κ1) is 11.4. The summed E-state index contributed by atoms with van der Waals surface area (Å²) in [6, 6.07) is 7.97. The van der Waals surface area contributed by atoms with E-state index in [0.29, 0.717) is 5.92 Å². The molecular formula is C11H16O2S. The molecule has 1 unspecified atom stereocenters. The van der Waals surface area contributed by atoms with Crippen molar-refractivity contribution in [2.75, 3.05) is 19.5 Å². The highest BCUT2D eigenvalue weighted by Crippen LogP contribution is 2.22. The molecule has 0 aliphatic heterocycles. The molecule has 0 fully saturated rings. The van der Waals surface area contributed by atoms with Gasteiger partial charge in [0.2, 0.25) is 0 Å². The van der Waals surface area contributed by atoms with Gasteiger partial charge in [0.25, 0.3) is 0 Å². The van der Waals surface area contributed by atoms with Crippen molar-refractivity contribution >= 4 is 11.8 Å². The van der Waals surface area contributed by atoms with Gasteiger partial charge in [0.15, 0.2) is 0 Å². The molecule has 1 aromatic carbocycles. The molecule has 0 aliphatic rings. The molecule has 0 spiro atoms. The normalized spacial score (nSPS) is 12.5. The summed E-state index contributed by atoms with van der Waals surface area (Å²) in [5.41, 5.74) is 0. The molecule has 0 saturated carbocycles. The van der Waals surface area contributed by atoms with Crippen LogP contribution in [0.15, 0.2) is 29.2 Å². The summed E-state index contributed by atoms with van der Waals surface area (Å²) in [6.45, 7) is 2.29. The molecule has 1 N–H and O–H groups in total. The first-order chi connectivity index (χ1) is 6.76. The van der Waals surface area contributed by atoms with Crippen LogP contribution in [-0.4, -0.2) is 24.6 Å². The fraction of sp³-hybridized carbons (Fsp3) is 0.455. The van der Waals surface area contributed by atoms with Gasteiger partial charge in [-0.25, -0.2) is 0 Å². The van der Waals surface area contributed by atoms with Crippen LogP contribution in [-0.2, 0) is 0 Å². The number of benzene rings is 1. The molecule has 0 bridgehead atoms. The van der Waals surface area contributed by atoms with Gasteiger partial charge in [0.1, 0.15) is 5.75 Å². The summed E-state index contributed by atoms with van der Waals surface area (Å²) in [5.74, 6) is 2.18. The predicted octanol–water partition coefficient (Wildman–Crippen LogP) is 2.42. The minimum Gasteiger partial charge on any atom is -0.497 e. The quantitative estimate of drug-likeness (QED) is 0.760. The van der Waals surface area contributed by atoms with E-state index in [1.807, 2.05) is 31.2 Å². The van der Waals surface area contributed by atoms with E-state index >= 15 is 0 Å². The average Bonchev–Trinajstić information content (AvgIpc) is 2.26. The summed E-state index contributed by atoms with van der Waals surface area (Å²) < 4.78 is 5.07. The molecule has 1 rings (SSSR count). The molecule has 1 aromatic rings. The highest BCUT2D eigenvalue weighted by atomic mass is 32.2. The standard InChI is InChI=1S/C11H16O2S/c1-9(7-12)8-14-11-5-3-10(13-2)4-6-11/h3-6,9,12H,7-8H2,1-2H3. The SMILES string of the molecule is COc1ccc(SCC(C)CO)cc1.